The van der Waals surface area contributed by atoms with E-state index in [2.05, 4.69) is 10.1 Å². The summed E-state index contributed by atoms with van der Waals surface area (Å²) in [6.45, 7) is 2.04. The zero-order valence-corrected chi connectivity index (χ0v) is 14.6. The molecule has 3 aromatic rings. The topological polar surface area (TPSA) is 122 Å². The first-order valence-electron chi connectivity index (χ1n) is 8.24. The molecular weight excluding hydrogens is 354 g/mol. The van der Waals surface area contributed by atoms with Crippen molar-refractivity contribution in [2.24, 2.45) is 0 Å². The molecule has 0 atom stereocenters. The summed E-state index contributed by atoms with van der Waals surface area (Å²) in [6, 6.07) is 7.02. The van der Waals surface area contributed by atoms with E-state index in [0.717, 1.165) is 0 Å². The Kier molecular flexibility index (Phi) is 5.25. The molecular formula is C17H17N5O5. The van der Waals surface area contributed by atoms with Gasteiger partial charge in [0.15, 0.2) is 5.82 Å². The average molecular weight is 371 g/mol. The molecule has 0 unspecified atom stereocenters. The number of ether oxygens (including phenoxy) is 1. The molecule has 0 amide bonds. The zero-order valence-electron chi connectivity index (χ0n) is 14.6. The first-order valence-corrected chi connectivity index (χ1v) is 8.24. The maximum absolute atomic E-state index is 12.0. The van der Waals surface area contributed by atoms with Crippen LogP contribution in [0.1, 0.15) is 12.2 Å². The van der Waals surface area contributed by atoms with Gasteiger partial charge in [0.25, 0.3) is 0 Å². The fraction of sp³-hybridized carbons (Fsp3) is 0.294. The second-order valence-corrected chi connectivity index (χ2v) is 5.79. The van der Waals surface area contributed by atoms with Crippen LogP contribution in [0.15, 0.2) is 41.5 Å². The lowest BCUT2D eigenvalue weighted by molar-refractivity contribution is -0.392. The summed E-state index contributed by atoms with van der Waals surface area (Å²) in [5.41, 5.74) is 0.462. The number of carbonyl (C=O) groups is 1. The van der Waals surface area contributed by atoms with Crippen LogP contribution in [-0.4, -0.2) is 36.8 Å². The standard InChI is InChI=1S/C17H17N5O5/c1-12-18-11-16(22(25)26)20(12)8-9-27-17(24)6-7-21-14-5-3-2-4-13(14)15(23)10-19-21/h2-5,10-11H,6-9H2,1H3. The highest BCUT2D eigenvalue weighted by Gasteiger charge is 2.17. The number of carbonyl (C=O) groups excluding carboxylic acids is 1. The Morgan fingerprint density at radius 2 is 2.04 bits per heavy atom. The van der Waals surface area contributed by atoms with Gasteiger partial charge in [-0.3, -0.25) is 14.3 Å². The Morgan fingerprint density at radius 1 is 1.26 bits per heavy atom. The molecule has 0 saturated carbocycles. The predicted octanol–water partition coefficient (Wildman–Crippen LogP) is 1.44. The molecule has 0 spiro atoms. The summed E-state index contributed by atoms with van der Waals surface area (Å²) < 4.78 is 8.10. The minimum atomic E-state index is -0.533. The molecule has 3 rings (SSSR count). The van der Waals surface area contributed by atoms with Crippen LogP contribution in [0.3, 0.4) is 0 Å². The third kappa shape index (κ3) is 4.00. The van der Waals surface area contributed by atoms with Crippen molar-refractivity contribution in [3.63, 3.8) is 0 Å². The number of hydrogen-bond acceptors (Lipinski definition) is 7. The van der Waals surface area contributed by atoms with Gasteiger partial charge in [0, 0.05) is 12.3 Å². The SMILES string of the molecule is Cc1ncc([N+](=O)[O-])n1CCOC(=O)CCn1ncc(=O)c2ccccc21. The van der Waals surface area contributed by atoms with E-state index >= 15 is 0 Å². The molecule has 10 nitrogen and oxygen atoms in total. The number of nitrogens with zero attached hydrogens (tertiary/aromatic N) is 5. The third-order valence-electron chi connectivity index (χ3n) is 4.09. The number of fused-ring (bicyclic) bond motifs is 1. The smallest absolute Gasteiger partial charge is 0.342 e. The number of esters is 1. The number of imidazole rings is 1. The van der Waals surface area contributed by atoms with Crippen molar-refractivity contribution in [2.45, 2.75) is 26.4 Å². The third-order valence-corrected chi connectivity index (χ3v) is 4.09. The molecule has 0 bridgehead atoms. The van der Waals surface area contributed by atoms with Crippen LogP contribution in [0.2, 0.25) is 0 Å². The van der Waals surface area contributed by atoms with E-state index in [1.165, 1.54) is 17.0 Å². The fourth-order valence-corrected chi connectivity index (χ4v) is 2.74. The van der Waals surface area contributed by atoms with Crippen LogP contribution in [0, 0.1) is 17.0 Å². The Labute approximate surface area is 153 Å². The molecule has 27 heavy (non-hydrogen) atoms. The monoisotopic (exact) mass is 371 g/mol. The molecule has 140 valence electrons. The fourth-order valence-electron chi connectivity index (χ4n) is 2.74. The van der Waals surface area contributed by atoms with Gasteiger partial charge in [-0.05, 0) is 17.1 Å². The summed E-state index contributed by atoms with van der Waals surface area (Å²) in [4.78, 5) is 38.1. The van der Waals surface area contributed by atoms with Crippen LogP contribution < -0.4 is 5.43 Å². The molecule has 0 aliphatic heterocycles. The molecule has 0 fully saturated rings. The normalized spacial score (nSPS) is 10.9. The molecule has 2 aromatic heterocycles. The van der Waals surface area contributed by atoms with Crippen LogP contribution in [0.25, 0.3) is 10.9 Å². The van der Waals surface area contributed by atoms with Crippen molar-refractivity contribution < 1.29 is 14.5 Å². The number of aryl methyl sites for hydroxylation is 2. The highest BCUT2D eigenvalue weighted by atomic mass is 16.6. The quantitative estimate of drug-likeness (QED) is 0.350. The molecule has 0 aliphatic carbocycles. The highest BCUT2D eigenvalue weighted by molar-refractivity contribution is 5.78. The average Bonchev–Trinajstić information content (AvgIpc) is 3.02. The van der Waals surface area contributed by atoms with E-state index in [1.807, 2.05) is 0 Å². The van der Waals surface area contributed by atoms with E-state index < -0.39 is 10.9 Å². The van der Waals surface area contributed by atoms with Gasteiger partial charge in [-0.15, -0.1) is 0 Å². The minimum Gasteiger partial charge on any atom is -0.461 e. The first kappa shape index (κ1) is 18.2. The van der Waals surface area contributed by atoms with Gasteiger partial charge >= 0.3 is 11.8 Å². The van der Waals surface area contributed by atoms with Gasteiger partial charge in [0.1, 0.15) is 19.3 Å². The molecule has 0 N–H and O–H groups in total. The number of hydrogen-bond donors (Lipinski definition) is 0. The van der Waals surface area contributed by atoms with Crippen LogP contribution in [0.5, 0.6) is 0 Å². The lowest BCUT2D eigenvalue weighted by atomic mass is 10.2. The van der Waals surface area contributed by atoms with Crippen molar-refractivity contribution in [1.29, 1.82) is 0 Å². The van der Waals surface area contributed by atoms with Gasteiger partial charge < -0.3 is 14.9 Å². The van der Waals surface area contributed by atoms with E-state index in [9.17, 15) is 19.7 Å². The van der Waals surface area contributed by atoms with E-state index in [1.54, 1.807) is 35.9 Å². The number of nitro groups is 1. The molecule has 0 radical (unpaired) electrons. The van der Waals surface area contributed by atoms with Crippen LogP contribution >= 0.6 is 0 Å². The van der Waals surface area contributed by atoms with Crippen molar-refractivity contribution >= 4 is 22.7 Å². The maximum Gasteiger partial charge on any atom is 0.342 e. The second kappa shape index (κ2) is 7.77. The Morgan fingerprint density at radius 3 is 2.81 bits per heavy atom. The van der Waals surface area contributed by atoms with E-state index in [4.69, 9.17) is 4.74 Å². The summed E-state index contributed by atoms with van der Waals surface area (Å²) in [5.74, 6) is -0.130. The zero-order chi connectivity index (χ0) is 19.4. The summed E-state index contributed by atoms with van der Waals surface area (Å²) >= 11 is 0. The molecule has 10 heteroatoms. The number of benzene rings is 1. The van der Waals surface area contributed by atoms with Crippen LogP contribution in [-0.2, 0) is 22.6 Å². The molecule has 0 saturated heterocycles. The lowest BCUT2D eigenvalue weighted by Crippen LogP contribution is -2.17. The largest absolute Gasteiger partial charge is 0.461 e. The first-order chi connectivity index (χ1) is 13.0. The van der Waals surface area contributed by atoms with Gasteiger partial charge in [-0.25, -0.2) is 9.55 Å². The maximum atomic E-state index is 12.0. The van der Waals surface area contributed by atoms with Gasteiger partial charge in [0.2, 0.25) is 5.43 Å². The number of para-hydroxylation sites is 1. The van der Waals surface area contributed by atoms with Crippen molar-refractivity contribution in [2.75, 3.05) is 6.61 Å². The lowest BCUT2D eigenvalue weighted by Gasteiger charge is -2.09. The van der Waals surface area contributed by atoms with Gasteiger partial charge in [-0.1, -0.05) is 12.1 Å². The van der Waals surface area contributed by atoms with Crippen molar-refractivity contribution in [1.82, 2.24) is 19.3 Å². The Balaban J connectivity index is 1.57. The molecule has 1 aromatic carbocycles. The number of rotatable bonds is 7. The van der Waals surface area contributed by atoms with Gasteiger partial charge in [-0.2, -0.15) is 5.10 Å². The molecule has 2 heterocycles. The van der Waals surface area contributed by atoms with E-state index in [0.29, 0.717) is 16.7 Å². The number of aromatic nitrogens is 4. The Hall–Kier alpha value is -3.56. The molecule has 0 aliphatic rings. The second-order valence-electron chi connectivity index (χ2n) is 5.79. The van der Waals surface area contributed by atoms with E-state index in [-0.39, 0.29) is 37.4 Å². The van der Waals surface area contributed by atoms with Crippen molar-refractivity contribution in [3.8, 4) is 0 Å². The predicted molar refractivity (Wildman–Crippen MR) is 95.2 cm³/mol. The Bertz CT molecular complexity index is 1060. The van der Waals surface area contributed by atoms with Crippen molar-refractivity contribution in [3.05, 3.63) is 62.8 Å². The summed E-state index contributed by atoms with van der Waals surface area (Å²) in [6.07, 6.45) is 2.45. The minimum absolute atomic E-state index is 0.00475. The summed E-state index contributed by atoms with van der Waals surface area (Å²) in [7, 11) is 0. The van der Waals surface area contributed by atoms with Crippen LogP contribution in [0.4, 0.5) is 5.82 Å². The highest BCUT2D eigenvalue weighted by Crippen LogP contribution is 2.13. The van der Waals surface area contributed by atoms with Gasteiger partial charge in [0.05, 0.1) is 24.7 Å². The summed E-state index contributed by atoms with van der Waals surface area (Å²) in [5, 5.41) is 15.5.